The van der Waals surface area contributed by atoms with Crippen LogP contribution in [-0.4, -0.2) is 31.0 Å². The highest BCUT2D eigenvalue weighted by molar-refractivity contribution is 5.63. The first-order valence-corrected chi connectivity index (χ1v) is 6.87. The SMILES string of the molecule is C[C@H]1Cc2c(n[nH]c2C(F)(F)F)-c2cnc(C(C)(O)C(F)(F)F)n21. The third-order valence-electron chi connectivity index (χ3n) is 4.12. The summed E-state index contributed by atoms with van der Waals surface area (Å²) in [6.07, 6.45) is -8.84. The molecular weight excluding hydrogens is 342 g/mol. The van der Waals surface area contributed by atoms with Crippen molar-refractivity contribution in [3.05, 3.63) is 23.3 Å². The first-order chi connectivity index (χ1) is 10.9. The largest absolute Gasteiger partial charge is 0.433 e. The third-order valence-corrected chi connectivity index (χ3v) is 4.12. The number of nitrogens with zero attached hydrogens (tertiary/aromatic N) is 3. The minimum absolute atomic E-state index is 0.00461. The van der Waals surface area contributed by atoms with Crippen LogP contribution in [0.15, 0.2) is 6.20 Å². The Kier molecular flexibility index (Phi) is 3.32. The maximum absolute atomic E-state index is 13.1. The van der Waals surface area contributed by atoms with Crippen molar-refractivity contribution in [3.63, 3.8) is 0 Å². The van der Waals surface area contributed by atoms with Crippen LogP contribution in [0.25, 0.3) is 11.4 Å². The summed E-state index contributed by atoms with van der Waals surface area (Å²) < 4.78 is 79.3. The van der Waals surface area contributed by atoms with Crippen LogP contribution < -0.4 is 0 Å². The number of imidazole rings is 1. The van der Waals surface area contributed by atoms with Gasteiger partial charge in [0.05, 0.1) is 11.9 Å². The second-order valence-corrected chi connectivity index (χ2v) is 5.88. The second kappa shape index (κ2) is 4.74. The van der Waals surface area contributed by atoms with Gasteiger partial charge in [0.25, 0.3) is 0 Å². The van der Waals surface area contributed by atoms with Crippen LogP contribution in [0, 0.1) is 0 Å². The van der Waals surface area contributed by atoms with E-state index in [9.17, 15) is 31.4 Å². The molecule has 1 unspecified atom stereocenters. The quantitative estimate of drug-likeness (QED) is 0.773. The molecule has 2 aromatic heterocycles. The number of rotatable bonds is 1. The lowest BCUT2D eigenvalue weighted by Crippen LogP contribution is -2.42. The van der Waals surface area contributed by atoms with Gasteiger partial charge in [-0.2, -0.15) is 31.4 Å². The lowest BCUT2D eigenvalue weighted by Gasteiger charge is -2.31. The fourth-order valence-electron chi connectivity index (χ4n) is 2.87. The van der Waals surface area contributed by atoms with Crippen LogP contribution >= 0.6 is 0 Å². The molecule has 0 bridgehead atoms. The summed E-state index contributed by atoms with van der Waals surface area (Å²) in [7, 11) is 0. The topological polar surface area (TPSA) is 66.7 Å². The molecule has 24 heavy (non-hydrogen) atoms. The van der Waals surface area contributed by atoms with Gasteiger partial charge in [-0.3, -0.25) is 5.10 Å². The number of hydrogen-bond acceptors (Lipinski definition) is 3. The van der Waals surface area contributed by atoms with Crippen LogP contribution in [0.5, 0.6) is 0 Å². The molecule has 5 nitrogen and oxygen atoms in total. The Bertz CT molecular complexity index is 785. The molecule has 2 atom stereocenters. The summed E-state index contributed by atoms with van der Waals surface area (Å²) in [5.41, 5.74) is -4.51. The van der Waals surface area contributed by atoms with E-state index in [0.29, 0.717) is 6.92 Å². The Morgan fingerprint density at radius 2 is 1.88 bits per heavy atom. The van der Waals surface area contributed by atoms with Gasteiger partial charge >= 0.3 is 12.4 Å². The number of alkyl halides is 6. The second-order valence-electron chi connectivity index (χ2n) is 5.88. The van der Waals surface area contributed by atoms with E-state index in [1.165, 1.54) is 6.92 Å². The van der Waals surface area contributed by atoms with Gasteiger partial charge in [0.15, 0.2) is 5.82 Å². The zero-order valence-electron chi connectivity index (χ0n) is 12.4. The lowest BCUT2D eigenvalue weighted by molar-refractivity contribution is -0.262. The van der Waals surface area contributed by atoms with Crippen molar-refractivity contribution in [3.8, 4) is 11.4 Å². The monoisotopic (exact) mass is 354 g/mol. The molecule has 132 valence electrons. The number of aliphatic hydroxyl groups is 1. The number of aromatic nitrogens is 4. The molecule has 0 fully saturated rings. The van der Waals surface area contributed by atoms with Gasteiger partial charge in [0, 0.05) is 11.6 Å². The first-order valence-electron chi connectivity index (χ1n) is 6.87. The zero-order chi connectivity index (χ0) is 18.1. The fourth-order valence-corrected chi connectivity index (χ4v) is 2.87. The molecule has 0 aromatic carbocycles. The highest BCUT2D eigenvalue weighted by Gasteiger charge is 2.55. The highest BCUT2D eigenvalue weighted by atomic mass is 19.4. The first kappa shape index (κ1) is 16.8. The van der Waals surface area contributed by atoms with E-state index < -0.39 is 35.5 Å². The van der Waals surface area contributed by atoms with Crippen LogP contribution in [0.2, 0.25) is 0 Å². The molecule has 0 saturated carbocycles. The molecule has 2 N–H and O–H groups in total. The predicted octanol–water partition coefficient (Wildman–Crippen LogP) is 3.18. The van der Waals surface area contributed by atoms with E-state index in [-0.39, 0.29) is 23.4 Å². The molecule has 0 aliphatic carbocycles. The Labute approximate surface area is 131 Å². The van der Waals surface area contributed by atoms with E-state index in [4.69, 9.17) is 0 Å². The molecule has 1 aliphatic rings. The normalized spacial score (nSPS) is 20.5. The number of H-pyrrole nitrogens is 1. The molecule has 2 aromatic rings. The molecule has 0 radical (unpaired) electrons. The fraction of sp³-hybridized carbons (Fsp3) is 0.538. The Hall–Kier alpha value is -2.04. The van der Waals surface area contributed by atoms with Crippen molar-refractivity contribution < 1.29 is 31.4 Å². The van der Waals surface area contributed by atoms with Crippen molar-refractivity contribution >= 4 is 0 Å². The minimum Gasteiger partial charge on any atom is -0.374 e. The van der Waals surface area contributed by atoms with Gasteiger partial charge < -0.3 is 9.67 Å². The minimum atomic E-state index is -4.99. The molecular formula is C13H12F6N4O. The summed E-state index contributed by atoms with van der Waals surface area (Å²) in [5.74, 6) is -0.681. The number of halogens is 6. The molecule has 3 rings (SSSR count). The maximum atomic E-state index is 13.1. The number of nitrogens with one attached hydrogen (secondary N) is 1. The van der Waals surface area contributed by atoms with E-state index in [2.05, 4.69) is 10.1 Å². The van der Waals surface area contributed by atoms with Gasteiger partial charge in [-0.25, -0.2) is 4.98 Å². The molecule has 0 spiro atoms. The molecule has 0 amide bonds. The Balaban J connectivity index is 2.19. The molecule has 3 heterocycles. The van der Waals surface area contributed by atoms with E-state index in [1.807, 2.05) is 5.10 Å². The van der Waals surface area contributed by atoms with E-state index in [1.54, 1.807) is 0 Å². The van der Waals surface area contributed by atoms with Gasteiger partial charge in [-0.15, -0.1) is 0 Å². The maximum Gasteiger partial charge on any atom is 0.433 e. The van der Waals surface area contributed by atoms with Crippen molar-refractivity contribution in [2.24, 2.45) is 0 Å². The van der Waals surface area contributed by atoms with Gasteiger partial charge in [0.2, 0.25) is 5.60 Å². The third kappa shape index (κ3) is 2.21. The lowest BCUT2D eigenvalue weighted by atomic mass is 9.97. The molecule has 1 aliphatic heterocycles. The Morgan fingerprint density at radius 1 is 1.25 bits per heavy atom. The Morgan fingerprint density at radius 3 is 2.42 bits per heavy atom. The standard InChI is InChI=1S/C13H12F6N4O/c1-5-3-6-8(21-22-9(6)12(14,15)16)7-4-20-10(23(5)7)11(2,24)13(17,18)19/h4-5,24H,3H2,1-2H3,(H,21,22)/t5-,11?/m0/s1. The van der Waals surface area contributed by atoms with Gasteiger partial charge in [-0.1, -0.05) is 0 Å². The van der Waals surface area contributed by atoms with Crippen LogP contribution in [0.3, 0.4) is 0 Å². The average Bonchev–Trinajstić information content (AvgIpc) is 2.99. The molecule has 0 saturated heterocycles. The van der Waals surface area contributed by atoms with Crippen molar-refractivity contribution in [1.82, 2.24) is 19.7 Å². The van der Waals surface area contributed by atoms with Gasteiger partial charge in [0.1, 0.15) is 11.4 Å². The predicted molar refractivity (Wildman–Crippen MR) is 68.9 cm³/mol. The summed E-state index contributed by atoms with van der Waals surface area (Å²) in [5, 5.41) is 15.3. The number of fused-ring (bicyclic) bond motifs is 3. The van der Waals surface area contributed by atoms with Crippen LogP contribution in [-0.2, 0) is 18.2 Å². The van der Waals surface area contributed by atoms with E-state index >= 15 is 0 Å². The van der Waals surface area contributed by atoms with Crippen molar-refractivity contribution in [1.29, 1.82) is 0 Å². The summed E-state index contributed by atoms with van der Waals surface area (Å²) in [6.45, 7) is 2.01. The summed E-state index contributed by atoms with van der Waals surface area (Å²) in [4.78, 5) is 3.61. The number of aromatic amines is 1. The van der Waals surface area contributed by atoms with E-state index in [0.717, 1.165) is 10.8 Å². The average molecular weight is 354 g/mol. The summed E-state index contributed by atoms with van der Waals surface area (Å²) >= 11 is 0. The van der Waals surface area contributed by atoms with Crippen LogP contribution in [0.4, 0.5) is 26.3 Å². The van der Waals surface area contributed by atoms with Crippen LogP contribution in [0.1, 0.15) is 37.0 Å². The van der Waals surface area contributed by atoms with Gasteiger partial charge in [-0.05, 0) is 20.3 Å². The molecule has 11 heteroatoms. The smallest absolute Gasteiger partial charge is 0.374 e. The van der Waals surface area contributed by atoms with Crippen molar-refractivity contribution in [2.75, 3.05) is 0 Å². The highest BCUT2D eigenvalue weighted by Crippen LogP contribution is 2.45. The zero-order valence-corrected chi connectivity index (χ0v) is 12.4. The van der Waals surface area contributed by atoms with Crippen molar-refractivity contribution in [2.45, 2.75) is 44.3 Å². The summed E-state index contributed by atoms with van der Waals surface area (Å²) in [6, 6.07) is -0.766. The number of hydrogen-bond donors (Lipinski definition) is 2.